The molecule has 0 bridgehead atoms. The van der Waals surface area contributed by atoms with E-state index in [0.29, 0.717) is 0 Å². The van der Waals surface area contributed by atoms with Crippen molar-refractivity contribution in [2.24, 2.45) is 0 Å². The molecule has 0 aliphatic carbocycles. The smallest absolute Gasteiger partial charge is 0.204 e. The quantitative estimate of drug-likeness (QED) is 0.343. The first-order valence-electron chi connectivity index (χ1n) is 1.50. The zero-order valence-electron chi connectivity index (χ0n) is 3.40. The second-order valence-electron chi connectivity index (χ2n) is 0.924. The SMILES string of the molecule is O=C(S)CN(O)O. The van der Waals surface area contributed by atoms with Gasteiger partial charge in [0.1, 0.15) is 6.54 Å². The summed E-state index contributed by atoms with van der Waals surface area (Å²) in [4.78, 5) is 9.76. The third-order valence-corrected chi connectivity index (χ3v) is 0.418. The van der Waals surface area contributed by atoms with Crippen molar-refractivity contribution >= 4 is 17.7 Å². The first kappa shape index (κ1) is 6.90. The summed E-state index contributed by atoms with van der Waals surface area (Å²) in [5.41, 5.74) is 0. The summed E-state index contributed by atoms with van der Waals surface area (Å²) in [5.74, 6) is 0. The van der Waals surface area contributed by atoms with E-state index in [1.165, 1.54) is 0 Å². The highest BCUT2D eigenvalue weighted by Gasteiger charge is 1.96. The van der Waals surface area contributed by atoms with Crippen molar-refractivity contribution in [3.8, 4) is 0 Å². The highest BCUT2D eigenvalue weighted by Crippen LogP contribution is 1.78. The van der Waals surface area contributed by atoms with Gasteiger partial charge < -0.3 is 0 Å². The molecule has 0 heterocycles. The van der Waals surface area contributed by atoms with Crippen LogP contribution >= 0.6 is 12.6 Å². The highest BCUT2D eigenvalue weighted by molar-refractivity contribution is 7.96. The molecule has 0 aliphatic rings. The van der Waals surface area contributed by atoms with E-state index in [-0.39, 0.29) is 5.23 Å². The molecule has 0 saturated carbocycles. The largest absolute Gasteiger partial charge is 0.289 e. The molecular weight excluding hydrogens is 118 g/mol. The van der Waals surface area contributed by atoms with Gasteiger partial charge in [-0.3, -0.25) is 15.2 Å². The summed E-state index contributed by atoms with van der Waals surface area (Å²) in [6.07, 6.45) is 0. The minimum atomic E-state index is -0.593. The average Bonchev–Trinajstić information content (AvgIpc) is 1.27. The molecule has 0 atom stereocenters. The van der Waals surface area contributed by atoms with Crippen LogP contribution in [0.5, 0.6) is 0 Å². The molecule has 0 amide bonds. The van der Waals surface area contributed by atoms with Crippen molar-refractivity contribution in [1.82, 2.24) is 5.23 Å². The second kappa shape index (κ2) is 2.98. The lowest BCUT2D eigenvalue weighted by Gasteiger charge is -1.98. The van der Waals surface area contributed by atoms with Crippen LogP contribution < -0.4 is 0 Å². The van der Waals surface area contributed by atoms with E-state index in [2.05, 4.69) is 12.6 Å². The fourth-order valence-corrected chi connectivity index (χ4v) is 0.247. The summed E-state index contributed by atoms with van der Waals surface area (Å²) >= 11 is 3.24. The van der Waals surface area contributed by atoms with E-state index in [4.69, 9.17) is 10.4 Å². The normalized spacial score (nSPS) is 9.71. The Morgan fingerprint density at radius 1 is 1.71 bits per heavy atom. The van der Waals surface area contributed by atoms with Gasteiger partial charge in [-0.25, -0.2) is 0 Å². The topological polar surface area (TPSA) is 60.8 Å². The Kier molecular flexibility index (Phi) is 2.93. The van der Waals surface area contributed by atoms with Gasteiger partial charge in [0.15, 0.2) is 0 Å². The minimum absolute atomic E-state index is 0.227. The number of carbonyl (C=O) groups is 1. The first-order chi connectivity index (χ1) is 3.13. The van der Waals surface area contributed by atoms with Gasteiger partial charge in [-0.2, -0.15) is 0 Å². The van der Waals surface area contributed by atoms with Crippen LogP contribution in [0.25, 0.3) is 0 Å². The number of nitrogens with zero attached hydrogens (tertiary/aromatic N) is 1. The Morgan fingerprint density at radius 2 is 2.14 bits per heavy atom. The van der Waals surface area contributed by atoms with Gasteiger partial charge in [-0.05, 0) is 0 Å². The molecule has 0 aromatic heterocycles. The molecule has 0 radical (unpaired) electrons. The third kappa shape index (κ3) is 5.90. The molecular formula is C2H5NO3S. The number of rotatable bonds is 2. The van der Waals surface area contributed by atoms with E-state index in [1.807, 2.05) is 0 Å². The van der Waals surface area contributed by atoms with Gasteiger partial charge in [0, 0.05) is 0 Å². The Bertz CT molecular complexity index is 73.3. The lowest BCUT2D eigenvalue weighted by atomic mass is 10.8. The standard InChI is InChI=1S/C2H5NO3S/c4-2(7)1-3(5)6/h5-6H,1H2,(H,4,7). The average molecular weight is 123 g/mol. The lowest BCUT2D eigenvalue weighted by molar-refractivity contribution is -0.299. The Hall–Kier alpha value is -0.100. The molecule has 42 valence electrons. The predicted molar refractivity (Wildman–Crippen MR) is 24.3 cm³/mol. The Labute approximate surface area is 45.7 Å². The molecule has 4 nitrogen and oxygen atoms in total. The van der Waals surface area contributed by atoms with Crippen LogP contribution in [0.15, 0.2) is 0 Å². The van der Waals surface area contributed by atoms with E-state index < -0.39 is 11.7 Å². The van der Waals surface area contributed by atoms with Crippen LogP contribution in [0.3, 0.4) is 0 Å². The molecule has 2 N–H and O–H groups in total. The molecule has 0 aromatic rings. The Balaban J connectivity index is 3.13. The maximum atomic E-state index is 9.76. The zero-order chi connectivity index (χ0) is 5.86. The summed E-state index contributed by atoms with van der Waals surface area (Å²) in [6, 6.07) is 0. The van der Waals surface area contributed by atoms with Crippen molar-refractivity contribution < 1.29 is 15.2 Å². The maximum absolute atomic E-state index is 9.76. The van der Waals surface area contributed by atoms with Gasteiger partial charge in [0.2, 0.25) is 5.12 Å². The van der Waals surface area contributed by atoms with Crippen molar-refractivity contribution in [2.75, 3.05) is 6.54 Å². The summed E-state index contributed by atoms with van der Waals surface area (Å²) in [6.45, 7) is -0.469. The molecule has 0 aromatic carbocycles. The molecule has 0 aliphatic heterocycles. The van der Waals surface area contributed by atoms with Crippen molar-refractivity contribution in [3.05, 3.63) is 0 Å². The highest BCUT2D eigenvalue weighted by atomic mass is 32.1. The first-order valence-corrected chi connectivity index (χ1v) is 1.94. The van der Waals surface area contributed by atoms with E-state index >= 15 is 0 Å². The van der Waals surface area contributed by atoms with Gasteiger partial charge in [-0.1, -0.05) is 5.23 Å². The van der Waals surface area contributed by atoms with Crippen LogP contribution in [-0.2, 0) is 4.79 Å². The van der Waals surface area contributed by atoms with Crippen LogP contribution in [0.4, 0.5) is 0 Å². The van der Waals surface area contributed by atoms with Gasteiger partial charge in [-0.15, -0.1) is 12.6 Å². The van der Waals surface area contributed by atoms with Crippen molar-refractivity contribution in [2.45, 2.75) is 0 Å². The third-order valence-electron chi connectivity index (χ3n) is 0.277. The fourth-order valence-electron chi connectivity index (χ4n) is 0.121. The molecule has 0 fully saturated rings. The van der Waals surface area contributed by atoms with Gasteiger partial charge >= 0.3 is 0 Å². The van der Waals surface area contributed by atoms with Crippen LogP contribution in [-0.4, -0.2) is 27.3 Å². The van der Waals surface area contributed by atoms with Crippen LogP contribution in [0.1, 0.15) is 0 Å². The monoisotopic (exact) mass is 123 g/mol. The number of thiol groups is 1. The number of hydrogen-bond acceptors (Lipinski definition) is 4. The molecule has 0 saturated heterocycles. The zero-order valence-corrected chi connectivity index (χ0v) is 4.30. The maximum Gasteiger partial charge on any atom is 0.204 e. The van der Waals surface area contributed by atoms with Crippen LogP contribution in [0, 0.1) is 0 Å². The molecule has 0 rings (SSSR count). The van der Waals surface area contributed by atoms with E-state index in [9.17, 15) is 4.79 Å². The van der Waals surface area contributed by atoms with Crippen molar-refractivity contribution in [1.29, 1.82) is 0 Å². The summed E-state index contributed by atoms with van der Waals surface area (Å²) < 4.78 is 0. The fraction of sp³-hybridized carbons (Fsp3) is 0.500. The predicted octanol–water partition coefficient (Wildman–Crippen LogP) is -0.477. The number of hydroxylamine groups is 2. The summed E-state index contributed by atoms with van der Waals surface area (Å²) in [7, 11) is 0. The minimum Gasteiger partial charge on any atom is -0.289 e. The second-order valence-corrected chi connectivity index (χ2v) is 1.42. The molecule has 0 spiro atoms. The molecule has 7 heavy (non-hydrogen) atoms. The van der Waals surface area contributed by atoms with Gasteiger partial charge in [0.25, 0.3) is 0 Å². The Morgan fingerprint density at radius 3 is 2.14 bits per heavy atom. The number of carbonyl (C=O) groups excluding carboxylic acids is 1. The lowest BCUT2D eigenvalue weighted by Crippen LogP contribution is -2.19. The van der Waals surface area contributed by atoms with Crippen LogP contribution in [0.2, 0.25) is 0 Å². The molecule has 5 heteroatoms. The summed E-state index contributed by atoms with van der Waals surface area (Å²) in [5, 5.41) is 14.9. The van der Waals surface area contributed by atoms with E-state index in [1.54, 1.807) is 0 Å². The van der Waals surface area contributed by atoms with Gasteiger partial charge in [0.05, 0.1) is 0 Å². The molecule has 0 unspecified atom stereocenters. The van der Waals surface area contributed by atoms with Crippen molar-refractivity contribution in [3.63, 3.8) is 0 Å². The van der Waals surface area contributed by atoms with E-state index in [0.717, 1.165) is 0 Å². The number of hydrogen-bond donors (Lipinski definition) is 3.